The number of hydrogen-bond acceptors (Lipinski definition) is 4. The standard InChI is InChI=1S/C23H26ClNO3S2/c1-16(2)14-20(19-10-8-18(9-11-19)17-6-4-3-5-7-17)21(15-26)25-30(27,28)23-13-12-22(24)29-23/h3-13,16,20-21,25-26H,14-15H2,1-2H3. The van der Waals surface area contributed by atoms with Gasteiger partial charge in [0, 0.05) is 5.92 Å². The molecule has 160 valence electrons. The first-order valence-corrected chi connectivity index (χ1v) is 12.5. The van der Waals surface area contributed by atoms with Gasteiger partial charge in [-0.05, 0) is 41.2 Å². The average Bonchev–Trinajstić information content (AvgIpc) is 3.18. The summed E-state index contributed by atoms with van der Waals surface area (Å²) in [5.74, 6) is 0.170. The van der Waals surface area contributed by atoms with E-state index in [1.807, 2.05) is 42.5 Å². The van der Waals surface area contributed by atoms with Crippen LogP contribution in [0.4, 0.5) is 0 Å². The molecule has 1 heterocycles. The number of benzene rings is 2. The lowest BCUT2D eigenvalue weighted by Crippen LogP contribution is -2.42. The summed E-state index contributed by atoms with van der Waals surface area (Å²) >= 11 is 6.91. The quantitative estimate of drug-likeness (QED) is 0.438. The molecule has 2 aromatic carbocycles. The van der Waals surface area contributed by atoms with Crippen LogP contribution < -0.4 is 4.72 Å². The monoisotopic (exact) mass is 463 g/mol. The summed E-state index contributed by atoms with van der Waals surface area (Å²) in [5.41, 5.74) is 3.21. The van der Waals surface area contributed by atoms with Gasteiger partial charge in [-0.2, -0.15) is 0 Å². The van der Waals surface area contributed by atoms with Gasteiger partial charge < -0.3 is 5.11 Å². The Labute approximate surface area is 187 Å². The van der Waals surface area contributed by atoms with Gasteiger partial charge in [-0.1, -0.05) is 80.0 Å². The molecule has 0 amide bonds. The molecule has 0 saturated carbocycles. The maximum absolute atomic E-state index is 12.8. The van der Waals surface area contributed by atoms with Crippen LogP contribution in [0.15, 0.2) is 70.9 Å². The third kappa shape index (κ3) is 5.71. The zero-order valence-corrected chi connectivity index (χ0v) is 19.3. The topological polar surface area (TPSA) is 66.4 Å². The molecule has 0 aliphatic carbocycles. The van der Waals surface area contributed by atoms with Crippen molar-refractivity contribution in [1.29, 1.82) is 0 Å². The minimum atomic E-state index is -3.77. The zero-order valence-electron chi connectivity index (χ0n) is 17.0. The molecule has 0 aliphatic heterocycles. The molecule has 3 aromatic rings. The maximum Gasteiger partial charge on any atom is 0.250 e. The molecule has 1 aromatic heterocycles. The average molecular weight is 464 g/mol. The number of aliphatic hydroxyl groups excluding tert-OH is 1. The summed E-state index contributed by atoms with van der Waals surface area (Å²) in [4.78, 5) is 0. The van der Waals surface area contributed by atoms with Gasteiger partial charge in [0.2, 0.25) is 10.0 Å². The Morgan fingerprint density at radius 2 is 1.60 bits per heavy atom. The van der Waals surface area contributed by atoms with Crippen LogP contribution in [-0.4, -0.2) is 26.2 Å². The molecule has 0 saturated heterocycles. The number of aliphatic hydroxyl groups is 1. The second-order valence-corrected chi connectivity index (χ2v) is 11.3. The van der Waals surface area contributed by atoms with Crippen LogP contribution in [0.25, 0.3) is 11.1 Å². The number of sulfonamides is 1. The van der Waals surface area contributed by atoms with Gasteiger partial charge in [-0.3, -0.25) is 0 Å². The summed E-state index contributed by atoms with van der Waals surface area (Å²) in [7, 11) is -3.77. The van der Waals surface area contributed by atoms with Crippen molar-refractivity contribution in [2.45, 2.75) is 36.4 Å². The van der Waals surface area contributed by atoms with Crippen molar-refractivity contribution >= 4 is 33.0 Å². The fourth-order valence-corrected chi connectivity index (χ4v) is 6.31. The highest BCUT2D eigenvalue weighted by molar-refractivity contribution is 7.91. The molecule has 7 heteroatoms. The Morgan fingerprint density at radius 1 is 0.967 bits per heavy atom. The van der Waals surface area contributed by atoms with Crippen LogP contribution in [0, 0.1) is 5.92 Å². The second-order valence-electron chi connectivity index (χ2n) is 7.69. The minimum Gasteiger partial charge on any atom is -0.395 e. The van der Waals surface area contributed by atoms with E-state index in [4.69, 9.17) is 11.6 Å². The van der Waals surface area contributed by atoms with Gasteiger partial charge >= 0.3 is 0 Å². The smallest absolute Gasteiger partial charge is 0.250 e. The number of halogens is 1. The van der Waals surface area contributed by atoms with E-state index in [0.29, 0.717) is 10.3 Å². The van der Waals surface area contributed by atoms with Crippen LogP contribution in [0.1, 0.15) is 31.7 Å². The Bertz CT molecular complexity index is 1050. The maximum atomic E-state index is 12.8. The summed E-state index contributed by atoms with van der Waals surface area (Å²) in [6, 6.07) is 20.6. The van der Waals surface area contributed by atoms with Gasteiger partial charge in [0.15, 0.2) is 0 Å². The zero-order chi connectivity index (χ0) is 21.7. The van der Waals surface area contributed by atoms with Crippen molar-refractivity contribution in [2.75, 3.05) is 6.61 Å². The van der Waals surface area contributed by atoms with E-state index in [-0.39, 0.29) is 16.7 Å². The predicted molar refractivity (Wildman–Crippen MR) is 125 cm³/mol. The molecular formula is C23H26ClNO3S2. The third-order valence-electron chi connectivity index (χ3n) is 4.97. The summed E-state index contributed by atoms with van der Waals surface area (Å²) in [5, 5.41) is 10.1. The molecule has 3 rings (SSSR count). The second kappa shape index (κ2) is 10.1. The van der Waals surface area contributed by atoms with Crippen LogP contribution in [-0.2, 0) is 10.0 Å². The molecule has 0 spiro atoms. The lowest BCUT2D eigenvalue weighted by atomic mass is 9.84. The third-order valence-corrected chi connectivity index (χ3v) is 8.19. The van der Waals surface area contributed by atoms with E-state index in [2.05, 4.69) is 30.7 Å². The summed E-state index contributed by atoms with van der Waals surface area (Å²) < 4.78 is 28.9. The van der Waals surface area contributed by atoms with Gasteiger partial charge in [0.1, 0.15) is 4.21 Å². The highest BCUT2D eigenvalue weighted by Gasteiger charge is 2.29. The summed E-state index contributed by atoms with van der Waals surface area (Å²) in [6.45, 7) is 3.89. The molecule has 30 heavy (non-hydrogen) atoms. The van der Waals surface area contributed by atoms with Crippen molar-refractivity contribution in [2.24, 2.45) is 5.92 Å². The predicted octanol–water partition coefficient (Wildman–Crippen LogP) is 5.54. The fourth-order valence-electron chi connectivity index (χ4n) is 3.54. The van der Waals surface area contributed by atoms with Gasteiger partial charge in [-0.15, -0.1) is 11.3 Å². The largest absolute Gasteiger partial charge is 0.395 e. The fraction of sp³-hybridized carbons (Fsp3) is 0.304. The molecule has 0 aliphatic rings. The Kier molecular flexibility index (Phi) is 7.71. The number of thiophene rings is 1. The Morgan fingerprint density at radius 3 is 2.13 bits per heavy atom. The molecule has 4 nitrogen and oxygen atoms in total. The van der Waals surface area contributed by atoms with Crippen LogP contribution in [0.3, 0.4) is 0 Å². The normalized spacial score (nSPS) is 14.0. The SMILES string of the molecule is CC(C)CC(c1ccc(-c2ccccc2)cc1)C(CO)NS(=O)(=O)c1ccc(Cl)s1. The number of hydrogen-bond donors (Lipinski definition) is 2. The van der Waals surface area contributed by atoms with Crippen LogP contribution >= 0.6 is 22.9 Å². The molecule has 0 bridgehead atoms. The van der Waals surface area contributed by atoms with E-state index >= 15 is 0 Å². The molecule has 2 atom stereocenters. The van der Waals surface area contributed by atoms with Crippen molar-refractivity contribution in [3.63, 3.8) is 0 Å². The lowest BCUT2D eigenvalue weighted by molar-refractivity contribution is 0.229. The first-order chi connectivity index (χ1) is 14.3. The van der Waals surface area contributed by atoms with Crippen LogP contribution in [0.5, 0.6) is 0 Å². The van der Waals surface area contributed by atoms with E-state index in [1.54, 1.807) is 6.07 Å². The van der Waals surface area contributed by atoms with Gasteiger partial charge in [0.25, 0.3) is 0 Å². The van der Waals surface area contributed by atoms with E-state index < -0.39 is 16.1 Å². The molecular weight excluding hydrogens is 438 g/mol. The van der Waals surface area contributed by atoms with Crippen molar-refractivity contribution in [3.8, 4) is 11.1 Å². The van der Waals surface area contributed by atoms with E-state index in [1.165, 1.54) is 6.07 Å². The highest BCUT2D eigenvalue weighted by atomic mass is 35.5. The minimum absolute atomic E-state index is 0.147. The Balaban J connectivity index is 1.88. The first-order valence-electron chi connectivity index (χ1n) is 9.84. The molecule has 2 N–H and O–H groups in total. The number of nitrogens with one attached hydrogen (secondary N) is 1. The highest BCUT2D eigenvalue weighted by Crippen LogP contribution is 2.31. The van der Waals surface area contributed by atoms with E-state index in [9.17, 15) is 13.5 Å². The van der Waals surface area contributed by atoms with Crippen LogP contribution in [0.2, 0.25) is 4.34 Å². The molecule has 0 fully saturated rings. The van der Waals surface area contributed by atoms with Gasteiger partial charge in [0.05, 0.1) is 17.0 Å². The van der Waals surface area contributed by atoms with Crippen molar-refractivity contribution in [1.82, 2.24) is 4.72 Å². The summed E-state index contributed by atoms with van der Waals surface area (Å²) in [6.07, 6.45) is 0.740. The van der Waals surface area contributed by atoms with Crippen molar-refractivity contribution in [3.05, 3.63) is 76.6 Å². The first kappa shape index (κ1) is 23.0. The molecule has 2 unspecified atom stereocenters. The van der Waals surface area contributed by atoms with E-state index in [0.717, 1.165) is 34.4 Å². The van der Waals surface area contributed by atoms with Gasteiger partial charge in [-0.25, -0.2) is 13.1 Å². The number of rotatable bonds is 9. The molecule has 0 radical (unpaired) electrons. The van der Waals surface area contributed by atoms with Crippen molar-refractivity contribution < 1.29 is 13.5 Å². The lowest BCUT2D eigenvalue weighted by Gasteiger charge is -2.28. The Hall–Kier alpha value is -1.70.